The smallest absolute Gasteiger partial charge is 0.270 e. The molecule has 3 N–H and O–H groups in total. The molecule has 0 bridgehead atoms. The van der Waals surface area contributed by atoms with Crippen LogP contribution in [-0.4, -0.2) is 16.9 Å². The quantitative estimate of drug-likeness (QED) is 0.819. The molecule has 0 fully saturated rings. The monoisotopic (exact) mass is 263 g/mol. The maximum Gasteiger partial charge on any atom is 0.270 e. The van der Waals surface area contributed by atoms with E-state index >= 15 is 0 Å². The average molecular weight is 264 g/mol. The van der Waals surface area contributed by atoms with Crippen LogP contribution < -0.4 is 11.1 Å². The highest BCUT2D eigenvalue weighted by Gasteiger charge is 2.15. The molecule has 4 nitrogen and oxygen atoms in total. The van der Waals surface area contributed by atoms with E-state index in [2.05, 4.69) is 10.3 Å². The molecule has 1 aromatic carbocycles. The third kappa shape index (κ3) is 2.24. The molecule has 0 radical (unpaired) electrons. The Labute approximate surface area is 110 Å². The van der Waals surface area contributed by atoms with Gasteiger partial charge in [0.1, 0.15) is 5.69 Å². The van der Waals surface area contributed by atoms with Gasteiger partial charge in [-0.3, -0.25) is 9.78 Å². The number of nitrogens with two attached hydrogens (primary N) is 1. The number of anilines is 1. The summed E-state index contributed by atoms with van der Waals surface area (Å²) in [7, 11) is 0. The molecule has 0 aliphatic heterocycles. The number of nitrogens with zero attached hydrogens (tertiary/aromatic N) is 1. The first-order chi connectivity index (χ1) is 8.50. The summed E-state index contributed by atoms with van der Waals surface area (Å²) >= 11 is 6.14. The normalized spacial score (nSPS) is 10.9. The molecule has 2 aromatic rings. The SMILES string of the molecule is CC(C)NC(=O)c1nccc2c(N)ccc(Cl)c12. The van der Waals surface area contributed by atoms with Crippen LogP contribution in [0.1, 0.15) is 24.3 Å². The van der Waals surface area contributed by atoms with Crippen molar-refractivity contribution in [3.05, 3.63) is 35.1 Å². The lowest BCUT2D eigenvalue weighted by Gasteiger charge is -2.11. The number of carbonyl (C=O) groups excluding carboxylic acids is 1. The van der Waals surface area contributed by atoms with Gasteiger partial charge in [-0.15, -0.1) is 0 Å². The lowest BCUT2D eigenvalue weighted by atomic mass is 10.1. The van der Waals surface area contributed by atoms with E-state index in [0.29, 0.717) is 21.8 Å². The number of halogens is 1. The summed E-state index contributed by atoms with van der Waals surface area (Å²) in [6, 6.07) is 5.18. The first-order valence-corrected chi connectivity index (χ1v) is 6.02. The second-order valence-electron chi connectivity index (χ2n) is 4.35. The second-order valence-corrected chi connectivity index (χ2v) is 4.75. The maximum atomic E-state index is 12.1. The Morgan fingerprint density at radius 2 is 2.11 bits per heavy atom. The number of benzene rings is 1. The van der Waals surface area contributed by atoms with Crippen LogP contribution in [0.2, 0.25) is 5.02 Å². The topological polar surface area (TPSA) is 68.0 Å². The van der Waals surface area contributed by atoms with Crippen molar-refractivity contribution in [2.24, 2.45) is 0 Å². The van der Waals surface area contributed by atoms with Crippen LogP contribution in [0.5, 0.6) is 0 Å². The molecule has 0 atom stereocenters. The molecule has 0 unspecified atom stereocenters. The first-order valence-electron chi connectivity index (χ1n) is 5.64. The number of hydrogen-bond acceptors (Lipinski definition) is 3. The van der Waals surface area contributed by atoms with Crippen molar-refractivity contribution in [3.8, 4) is 0 Å². The minimum atomic E-state index is -0.247. The molecule has 0 saturated carbocycles. The van der Waals surface area contributed by atoms with Crippen LogP contribution in [0.4, 0.5) is 5.69 Å². The van der Waals surface area contributed by atoms with Crippen molar-refractivity contribution >= 4 is 34.0 Å². The summed E-state index contributed by atoms with van der Waals surface area (Å²) < 4.78 is 0. The van der Waals surface area contributed by atoms with Crippen molar-refractivity contribution < 1.29 is 4.79 Å². The number of fused-ring (bicyclic) bond motifs is 1. The van der Waals surface area contributed by atoms with Gasteiger partial charge in [0.05, 0.1) is 5.02 Å². The minimum absolute atomic E-state index is 0.0365. The number of amides is 1. The minimum Gasteiger partial charge on any atom is -0.398 e. The molecule has 18 heavy (non-hydrogen) atoms. The highest BCUT2D eigenvalue weighted by atomic mass is 35.5. The fourth-order valence-corrected chi connectivity index (χ4v) is 2.04. The van der Waals surface area contributed by atoms with E-state index in [1.54, 1.807) is 24.4 Å². The molecule has 0 aliphatic rings. The molecule has 94 valence electrons. The third-order valence-corrected chi connectivity index (χ3v) is 2.86. The number of pyridine rings is 1. The van der Waals surface area contributed by atoms with Crippen LogP contribution in [-0.2, 0) is 0 Å². The molecule has 0 spiro atoms. The zero-order valence-electron chi connectivity index (χ0n) is 10.2. The number of nitrogen functional groups attached to an aromatic ring is 1. The number of carbonyl (C=O) groups is 1. The summed E-state index contributed by atoms with van der Waals surface area (Å²) in [6.07, 6.45) is 1.56. The van der Waals surface area contributed by atoms with Gasteiger partial charge in [0.25, 0.3) is 5.91 Å². The van der Waals surface area contributed by atoms with Gasteiger partial charge in [-0.2, -0.15) is 0 Å². The molecule has 5 heteroatoms. The Kier molecular flexibility index (Phi) is 3.39. The first kappa shape index (κ1) is 12.6. The standard InChI is InChI=1S/C13H14ClN3O/c1-7(2)17-13(18)12-11-8(5-6-16-12)10(15)4-3-9(11)14/h3-7H,15H2,1-2H3,(H,17,18). The molecule has 0 aliphatic carbocycles. The van der Waals surface area contributed by atoms with Gasteiger partial charge in [0, 0.05) is 28.7 Å². The summed E-state index contributed by atoms with van der Waals surface area (Å²) in [5.74, 6) is -0.247. The number of rotatable bonds is 2. The largest absolute Gasteiger partial charge is 0.398 e. The highest BCUT2D eigenvalue weighted by Crippen LogP contribution is 2.29. The summed E-state index contributed by atoms with van der Waals surface area (Å²) in [5, 5.41) is 4.61. The number of hydrogen-bond donors (Lipinski definition) is 2. The van der Waals surface area contributed by atoms with Crippen LogP contribution in [0.15, 0.2) is 24.4 Å². The van der Waals surface area contributed by atoms with Gasteiger partial charge < -0.3 is 11.1 Å². The highest BCUT2D eigenvalue weighted by molar-refractivity contribution is 6.37. The fraction of sp³-hybridized carbons (Fsp3) is 0.231. The zero-order chi connectivity index (χ0) is 13.3. The fourth-order valence-electron chi connectivity index (χ4n) is 1.78. The molecule has 2 rings (SSSR count). The summed E-state index contributed by atoms with van der Waals surface area (Å²) in [5.41, 5.74) is 6.76. The van der Waals surface area contributed by atoms with E-state index < -0.39 is 0 Å². The molecule has 1 heterocycles. The predicted octanol–water partition coefficient (Wildman–Crippen LogP) is 2.61. The second kappa shape index (κ2) is 4.82. The maximum absolute atomic E-state index is 12.1. The van der Waals surface area contributed by atoms with Crippen LogP contribution in [0, 0.1) is 0 Å². The van der Waals surface area contributed by atoms with Crippen molar-refractivity contribution in [2.45, 2.75) is 19.9 Å². The van der Waals surface area contributed by atoms with E-state index in [4.69, 9.17) is 17.3 Å². The van der Waals surface area contributed by atoms with E-state index in [-0.39, 0.29) is 11.9 Å². The van der Waals surface area contributed by atoms with E-state index in [1.807, 2.05) is 13.8 Å². The van der Waals surface area contributed by atoms with Crippen molar-refractivity contribution in [2.75, 3.05) is 5.73 Å². The lowest BCUT2D eigenvalue weighted by molar-refractivity contribution is 0.0940. The van der Waals surface area contributed by atoms with E-state index in [9.17, 15) is 4.79 Å². The molecular weight excluding hydrogens is 250 g/mol. The van der Waals surface area contributed by atoms with Crippen molar-refractivity contribution in [3.63, 3.8) is 0 Å². The number of aromatic nitrogens is 1. The molecule has 1 amide bonds. The Balaban J connectivity index is 2.65. The summed E-state index contributed by atoms with van der Waals surface area (Å²) in [4.78, 5) is 16.2. The van der Waals surface area contributed by atoms with Crippen molar-refractivity contribution in [1.29, 1.82) is 0 Å². The zero-order valence-corrected chi connectivity index (χ0v) is 11.0. The Morgan fingerprint density at radius 3 is 2.78 bits per heavy atom. The van der Waals surface area contributed by atoms with Crippen molar-refractivity contribution in [1.82, 2.24) is 10.3 Å². The van der Waals surface area contributed by atoms with Crippen LogP contribution in [0.3, 0.4) is 0 Å². The van der Waals surface area contributed by atoms with Gasteiger partial charge in [-0.05, 0) is 32.0 Å². The molecule has 0 saturated heterocycles. The Hall–Kier alpha value is -1.81. The van der Waals surface area contributed by atoms with Crippen LogP contribution >= 0.6 is 11.6 Å². The lowest BCUT2D eigenvalue weighted by Crippen LogP contribution is -2.30. The Bertz CT molecular complexity index is 610. The van der Waals surface area contributed by atoms with Crippen LogP contribution in [0.25, 0.3) is 10.8 Å². The molecule has 1 aromatic heterocycles. The summed E-state index contributed by atoms with van der Waals surface area (Å²) in [6.45, 7) is 3.78. The third-order valence-electron chi connectivity index (χ3n) is 2.54. The average Bonchev–Trinajstić information content (AvgIpc) is 2.32. The number of nitrogens with one attached hydrogen (secondary N) is 1. The predicted molar refractivity (Wildman–Crippen MR) is 73.8 cm³/mol. The Morgan fingerprint density at radius 1 is 1.39 bits per heavy atom. The van der Waals surface area contributed by atoms with E-state index in [0.717, 1.165) is 5.39 Å². The van der Waals surface area contributed by atoms with E-state index in [1.165, 1.54) is 0 Å². The van der Waals surface area contributed by atoms with Gasteiger partial charge >= 0.3 is 0 Å². The van der Waals surface area contributed by atoms with Gasteiger partial charge in [0.15, 0.2) is 0 Å². The molecular formula is C13H14ClN3O. The van der Waals surface area contributed by atoms with Gasteiger partial charge in [-0.1, -0.05) is 11.6 Å². The van der Waals surface area contributed by atoms with Gasteiger partial charge in [-0.25, -0.2) is 0 Å². The van der Waals surface area contributed by atoms with Gasteiger partial charge in [0.2, 0.25) is 0 Å².